The van der Waals surface area contributed by atoms with Crippen molar-refractivity contribution in [2.75, 3.05) is 20.3 Å². The topological polar surface area (TPSA) is 82.1 Å². The lowest BCUT2D eigenvalue weighted by Crippen LogP contribution is -2.58. The quantitative estimate of drug-likeness (QED) is 0.503. The van der Waals surface area contributed by atoms with Gasteiger partial charge in [0, 0.05) is 13.0 Å². The van der Waals surface area contributed by atoms with E-state index < -0.39 is 17.6 Å². The van der Waals surface area contributed by atoms with Gasteiger partial charge in [0.05, 0.1) is 19.1 Å². The second-order valence-corrected chi connectivity index (χ2v) is 8.61. The Labute approximate surface area is 176 Å². The van der Waals surface area contributed by atoms with E-state index >= 15 is 0 Å². The molecule has 0 bridgehead atoms. The Morgan fingerprint density at radius 2 is 1.67 bits per heavy atom. The Morgan fingerprint density at radius 3 is 2.27 bits per heavy atom. The first-order chi connectivity index (χ1) is 14.4. The molecular formula is C23H29NO6. The fourth-order valence-electron chi connectivity index (χ4n) is 5.56. The summed E-state index contributed by atoms with van der Waals surface area (Å²) in [6.45, 7) is 4.14. The highest BCUT2D eigenvalue weighted by Gasteiger charge is 2.84. The highest BCUT2D eigenvalue weighted by atomic mass is 16.6. The van der Waals surface area contributed by atoms with Gasteiger partial charge < -0.3 is 14.2 Å². The predicted octanol–water partition coefficient (Wildman–Crippen LogP) is 3.17. The molecule has 3 aliphatic rings. The lowest BCUT2D eigenvalue weighted by atomic mass is 9.84. The zero-order chi connectivity index (χ0) is 21.5. The van der Waals surface area contributed by atoms with Crippen molar-refractivity contribution in [2.45, 2.75) is 45.3 Å². The molecular weight excluding hydrogens is 386 g/mol. The summed E-state index contributed by atoms with van der Waals surface area (Å²) >= 11 is 0. The van der Waals surface area contributed by atoms with Gasteiger partial charge in [-0.05, 0) is 50.0 Å². The molecule has 1 aromatic carbocycles. The normalized spacial score (nSPS) is 29.6. The summed E-state index contributed by atoms with van der Waals surface area (Å²) < 4.78 is 16.2. The van der Waals surface area contributed by atoms with Gasteiger partial charge in [0.15, 0.2) is 0 Å². The Morgan fingerprint density at radius 1 is 1.00 bits per heavy atom. The summed E-state index contributed by atoms with van der Waals surface area (Å²) in [7, 11) is 1.59. The smallest absolute Gasteiger partial charge is 0.410 e. The van der Waals surface area contributed by atoms with Gasteiger partial charge >= 0.3 is 18.0 Å². The van der Waals surface area contributed by atoms with Crippen LogP contribution >= 0.6 is 0 Å². The van der Waals surface area contributed by atoms with E-state index in [-0.39, 0.29) is 42.4 Å². The van der Waals surface area contributed by atoms with Crippen molar-refractivity contribution in [3.05, 3.63) is 35.9 Å². The van der Waals surface area contributed by atoms with Gasteiger partial charge in [-0.25, -0.2) is 9.59 Å². The monoisotopic (exact) mass is 415 g/mol. The summed E-state index contributed by atoms with van der Waals surface area (Å²) in [4.78, 5) is 40.2. The zero-order valence-corrected chi connectivity index (χ0v) is 17.8. The number of amides is 1. The minimum absolute atomic E-state index is 0.0605. The predicted molar refractivity (Wildman–Crippen MR) is 107 cm³/mol. The van der Waals surface area contributed by atoms with Crippen LogP contribution in [-0.2, 0) is 30.4 Å². The number of likely N-dealkylation sites (N-methyl/N-ethyl adjacent to an activating group) is 1. The molecule has 7 nitrogen and oxygen atoms in total. The van der Waals surface area contributed by atoms with Crippen molar-refractivity contribution in [3.63, 3.8) is 0 Å². The van der Waals surface area contributed by atoms with Crippen molar-refractivity contribution in [1.82, 2.24) is 4.90 Å². The van der Waals surface area contributed by atoms with Crippen molar-refractivity contribution in [3.8, 4) is 0 Å². The van der Waals surface area contributed by atoms with Crippen molar-refractivity contribution in [2.24, 2.45) is 23.2 Å². The van der Waals surface area contributed by atoms with Crippen LogP contribution in [0.1, 0.15) is 38.7 Å². The summed E-state index contributed by atoms with van der Waals surface area (Å²) in [5, 5.41) is 0. The first kappa shape index (κ1) is 20.7. The second kappa shape index (κ2) is 7.60. The summed E-state index contributed by atoms with van der Waals surface area (Å²) in [6.07, 6.45) is 1.84. The van der Waals surface area contributed by atoms with Gasteiger partial charge in [-0.1, -0.05) is 30.3 Å². The van der Waals surface area contributed by atoms with Gasteiger partial charge in [-0.3, -0.25) is 9.69 Å². The van der Waals surface area contributed by atoms with E-state index in [4.69, 9.17) is 14.2 Å². The number of rotatable bonds is 7. The third-order valence-electron chi connectivity index (χ3n) is 7.06. The van der Waals surface area contributed by atoms with Gasteiger partial charge in [0.1, 0.15) is 12.1 Å². The molecule has 0 radical (unpaired) electrons. The molecule has 1 aromatic rings. The molecule has 0 saturated heterocycles. The third kappa shape index (κ3) is 3.15. The number of esters is 2. The van der Waals surface area contributed by atoms with Crippen LogP contribution in [0.15, 0.2) is 30.3 Å². The maximum Gasteiger partial charge on any atom is 0.410 e. The highest BCUT2D eigenvalue weighted by molar-refractivity contribution is 5.91. The van der Waals surface area contributed by atoms with Gasteiger partial charge in [-0.2, -0.15) is 0 Å². The second-order valence-electron chi connectivity index (χ2n) is 8.61. The number of hydrogen-bond donors (Lipinski definition) is 0. The first-order valence-electron chi connectivity index (χ1n) is 10.7. The molecule has 0 N–H and O–H groups in total. The molecule has 0 aliphatic heterocycles. The number of fused-ring (bicyclic) bond motifs is 2. The first-order valence-corrected chi connectivity index (χ1v) is 10.7. The standard InChI is InChI=1S/C23H29NO6/c1-4-28-19(25)16-17-18(16)23(20(26)29-5-2,14-22(17)11-12-22)24(3)21(27)30-13-15-9-7-6-8-10-15/h6-10,16-18H,4-5,11-14H2,1-3H3/t16-,17-,18+,23-/m0/s1. The Balaban J connectivity index is 1.59. The van der Waals surface area contributed by atoms with Crippen LogP contribution in [0.2, 0.25) is 0 Å². The van der Waals surface area contributed by atoms with Gasteiger partial charge in [0.2, 0.25) is 0 Å². The van der Waals surface area contributed by atoms with Crippen LogP contribution in [0, 0.1) is 23.2 Å². The molecule has 4 rings (SSSR count). The van der Waals surface area contributed by atoms with Crippen LogP contribution in [0.25, 0.3) is 0 Å². The van der Waals surface area contributed by atoms with Gasteiger partial charge in [-0.15, -0.1) is 0 Å². The summed E-state index contributed by atoms with van der Waals surface area (Å²) in [5.41, 5.74) is -0.409. The maximum absolute atomic E-state index is 13.2. The molecule has 3 fully saturated rings. The van der Waals surface area contributed by atoms with E-state index in [0.717, 1.165) is 18.4 Å². The average Bonchev–Trinajstić information content (AvgIpc) is 3.64. The molecule has 3 aliphatic carbocycles. The van der Waals surface area contributed by atoms with Crippen LogP contribution in [0.3, 0.4) is 0 Å². The summed E-state index contributed by atoms with van der Waals surface area (Å²) in [5.74, 6) is -1.32. The van der Waals surface area contributed by atoms with Crippen molar-refractivity contribution < 1.29 is 28.6 Å². The molecule has 3 saturated carbocycles. The lowest BCUT2D eigenvalue weighted by Gasteiger charge is -2.38. The van der Waals surface area contributed by atoms with Crippen LogP contribution in [-0.4, -0.2) is 48.7 Å². The number of carbonyl (C=O) groups excluding carboxylic acids is 3. The van der Waals surface area contributed by atoms with Crippen molar-refractivity contribution in [1.29, 1.82) is 0 Å². The van der Waals surface area contributed by atoms with Gasteiger partial charge in [0.25, 0.3) is 0 Å². The molecule has 4 atom stereocenters. The maximum atomic E-state index is 13.2. The molecule has 1 spiro atoms. The molecule has 7 heteroatoms. The van der Waals surface area contributed by atoms with E-state index in [1.807, 2.05) is 30.3 Å². The number of benzene rings is 1. The highest BCUT2D eigenvalue weighted by Crippen LogP contribution is 2.79. The van der Waals surface area contributed by atoms with Crippen LogP contribution in [0.5, 0.6) is 0 Å². The molecule has 0 unspecified atom stereocenters. The number of hydrogen-bond acceptors (Lipinski definition) is 6. The molecule has 0 heterocycles. The van der Waals surface area contributed by atoms with E-state index in [9.17, 15) is 14.4 Å². The minimum atomic E-state index is -1.19. The van der Waals surface area contributed by atoms with Crippen LogP contribution < -0.4 is 0 Å². The largest absolute Gasteiger partial charge is 0.466 e. The zero-order valence-electron chi connectivity index (χ0n) is 17.8. The molecule has 162 valence electrons. The van der Waals surface area contributed by atoms with E-state index in [1.165, 1.54) is 4.90 Å². The third-order valence-corrected chi connectivity index (χ3v) is 7.06. The Hall–Kier alpha value is -2.57. The average molecular weight is 415 g/mol. The van der Waals surface area contributed by atoms with E-state index in [0.29, 0.717) is 13.0 Å². The minimum Gasteiger partial charge on any atom is -0.466 e. The number of ether oxygens (including phenoxy) is 3. The van der Waals surface area contributed by atoms with E-state index in [1.54, 1.807) is 20.9 Å². The molecule has 30 heavy (non-hydrogen) atoms. The molecule has 0 aromatic heterocycles. The fraction of sp³-hybridized carbons (Fsp3) is 0.609. The fourth-order valence-corrected chi connectivity index (χ4v) is 5.56. The van der Waals surface area contributed by atoms with Crippen LogP contribution in [0.4, 0.5) is 4.79 Å². The van der Waals surface area contributed by atoms with E-state index in [2.05, 4.69) is 0 Å². The lowest BCUT2D eigenvalue weighted by molar-refractivity contribution is -0.159. The summed E-state index contributed by atoms with van der Waals surface area (Å²) in [6, 6.07) is 9.39. The Kier molecular flexibility index (Phi) is 5.24. The Bertz CT molecular complexity index is 835. The van der Waals surface area contributed by atoms with Crippen molar-refractivity contribution >= 4 is 18.0 Å². The molecule has 1 amide bonds. The number of nitrogens with zero attached hydrogens (tertiary/aromatic N) is 1. The number of carbonyl (C=O) groups is 3. The SMILES string of the molecule is CCOC(=O)[C@H]1[C@H]2[C@@H]1[C@@](C(=O)OCC)(N(C)C(=O)OCc1ccccc1)CC21CC1.